The van der Waals surface area contributed by atoms with E-state index in [1.165, 1.54) is 32.2 Å². The molecule has 144 valence electrons. The molecule has 1 aromatic rings. The number of hydrogen-bond acceptors (Lipinski definition) is 6. The number of anilines is 1. The maximum absolute atomic E-state index is 5.98. The molecule has 4 rings (SSSR count). The van der Waals surface area contributed by atoms with E-state index in [-0.39, 0.29) is 0 Å². The normalized spacial score (nSPS) is 27.7. The Hall–Kier alpha value is -1.24. The first kappa shape index (κ1) is 18.1. The molecule has 3 fully saturated rings. The van der Waals surface area contributed by atoms with Gasteiger partial charge in [-0.15, -0.1) is 0 Å². The van der Waals surface area contributed by atoms with Gasteiger partial charge in [-0.25, -0.2) is 9.97 Å². The molecule has 2 heterocycles. The Kier molecular flexibility index (Phi) is 5.72. The van der Waals surface area contributed by atoms with Crippen LogP contribution in [0.25, 0.3) is 0 Å². The lowest BCUT2D eigenvalue weighted by Crippen LogP contribution is -2.48. The molecule has 1 aromatic heterocycles. The van der Waals surface area contributed by atoms with Gasteiger partial charge in [0.05, 0.1) is 0 Å². The molecule has 2 saturated carbocycles. The molecule has 0 radical (unpaired) electrons. The van der Waals surface area contributed by atoms with Crippen molar-refractivity contribution in [2.45, 2.75) is 57.1 Å². The number of rotatable bonds is 6. The van der Waals surface area contributed by atoms with Crippen LogP contribution in [0.3, 0.4) is 0 Å². The van der Waals surface area contributed by atoms with Crippen molar-refractivity contribution in [2.75, 3.05) is 44.7 Å². The third kappa shape index (κ3) is 4.18. The van der Waals surface area contributed by atoms with Gasteiger partial charge in [0.1, 0.15) is 12.4 Å². The van der Waals surface area contributed by atoms with Crippen LogP contribution in [0.1, 0.15) is 56.0 Å². The molecule has 6 heteroatoms. The predicted octanol–water partition coefficient (Wildman–Crippen LogP) is 2.14. The number of ether oxygens (including phenoxy) is 1. The molecule has 3 aliphatic rings. The Morgan fingerprint density at radius 2 is 1.85 bits per heavy atom. The first-order valence-electron chi connectivity index (χ1n) is 10.3. The van der Waals surface area contributed by atoms with Crippen LogP contribution in [0.15, 0.2) is 6.07 Å². The van der Waals surface area contributed by atoms with E-state index in [1.54, 1.807) is 7.11 Å². The molecule has 0 atom stereocenters. The summed E-state index contributed by atoms with van der Waals surface area (Å²) in [6.07, 6.45) is 7.80. The average molecular weight is 360 g/mol. The van der Waals surface area contributed by atoms with Gasteiger partial charge < -0.3 is 15.4 Å². The van der Waals surface area contributed by atoms with E-state index in [0.29, 0.717) is 18.6 Å². The molecular weight excluding hydrogens is 326 g/mol. The summed E-state index contributed by atoms with van der Waals surface area (Å²) in [7, 11) is 1.71. The average Bonchev–Trinajstić information content (AvgIpc) is 3.13. The van der Waals surface area contributed by atoms with E-state index in [1.807, 2.05) is 0 Å². The first-order chi connectivity index (χ1) is 12.7. The largest absolute Gasteiger partial charge is 0.377 e. The van der Waals surface area contributed by atoms with Crippen LogP contribution in [0.4, 0.5) is 5.82 Å². The second-order valence-electron chi connectivity index (χ2n) is 8.37. The second-order valence-corrected chi connectivity index (χ2v) is 8.37. The fourth-order valence-corrected chi connectivity index (χ4v) is 4.69. The van der Waals surface area contributed by atoms with Crippen molar-refractivity contribution < 1.29 is 4.74 Å². The summed E-state index contributed by atoms with van der Waals surface area (Å²) >= 11 is 0. The zero-order valence-electron chi connectivity index (χ0n) is 16.1. The topological polar surface area (TPSA) is 67.5 Å². The highest BCUT2D eigenvalue weighted by Gasteiger charge is 2.30. The second kappa shape index (κ2) is 8.19. The van der Waals surface area contributed by atoms with Crippen molar-refractivity contribution in [2.24, 2.45) is 11.7 Å². The molecule has 1 aliphatic heterocycles. The number of nitrogens with zero attached hydrogens (tertiary/aromatic N) is 4. The lowest BCUT2D eigenvalue weighted by Gasteiger charge is -2.37. The number of methoxy groups -OCH3 is 1. The molecule has 26 heavy (non-hydrogen) atoms. The number of hydrogen-bond donors (Lipinski definition) is 1. The van der Waals surface area contributed by atoms with E-state index in [2.05, 4.69) is 15.9 Å². The van der Waals surface area contributed by atoms with Gasteiger partial charge in [0.25, 0.3) is 0 Å². The molecule has 0 aromatic carbocycles. The quantitative estimate of drug-likeness (QED) is 0.839. The molecule has 0 spiro atoms. The molecule has 2 N–H and O–H groups in total. The fourth-order valence-electron chi connectivity index (χ4n) is 4.69. The smallest absolute Gasteiger partial charge is 0.156 e. The minimum atomic E-state index is 0.337. The Balaban J connectivity index is 1.40. The van der Waals surface area contributed by atoms with E-state index < -0.39 is 0 Å². The van der Waals surface area contributed by atoms with Crippen LogP contribution in [-0.2, 0) is 11.3 Å². The van der Waals surface area contributed by atoms with Gasteiger partial charge in [-0.2, -0.15) is 0 Å². The maximum Gasteiger partial charge on any atom is 0.156 e. The third-order valence-corrected chi connectivity index (χ3v) is 6.33. The first-order valence-corrected chi connectivity index (χ1v) is 10.3. The Labute approximate surface area is 157 Å². The van der Waals surface area contributed by atoms with Gasteiger partial charge in [0.2, 0.25) is 0 Å². The van der Waals surface area contributed by atoms with Gasteiger partial charge in [-0.05, 0) is 31.6 Å². The van der Waals surface area contributed by atoms with Crippen molar-refractivity contribution in [3.8, 4) is 0 Å². The monoisotopic (exact) mass is 359 g/mol. The third-order valence-electron chi connectivity index (χ3n) is 6.33. The molecule has 1 saturated heterocycles. The summed E-state index contributed by atoms with van der Waals surface area (Å²) in [4.78, 5) is 14.6. The summed E-state index contributed by atoms with van der Waals surface area (Å²) in [5, 5.41) is 0. The van der Waals surface area contributed by atoms with Gasteiger partial charge in [-0.3, -0.25) is 4.90 Å². The predicted molar refractivity (Wildman–Crippen MR) is 103 cm³/mol. The highest BCUT2D eigenvalue weighted by atomic mass is 16.5. The number of piperazine rings is 1. The van der Waals surface area contributed by atoms with E-state index in [9.17, 15) is 0 Å². The summed E-state index contributed by atoms with van der Waals surface area (Å²) < 4.78 is 5.29. The van der Waals surface area contributed by atoms with E-state index in [4.69, 9.17) is 20.4 Å². The zero-order valence-corrected chi connectivity index (χ0v) is 16.1. The molecule has 0 amide bonds. The van der Waals surface area contributed by atoms with Crippen molar-refractivity contribution in [1.82, 2.24) is 14.9 Å². The van der Waals surface area contributed by atoms with Gasteiger partial charge in [-0.1, -0.05) is 12.8 Å². The summed E-state index contributed by atoms with van der Waals surface area (Å²) in [5.74, 6) is 3.30. The summed E-state index contributed by atoms with van der Waals surface area (Å²) in [5.41, 5.74) is 7.13. The van der Waals surface area contributed by atoms with Crippen LogP contribution in [-0.4, -0.2) is 60.7 Å². The van der Waals surface area contributed by atoms with Crippen molar-refractivity contribution in [3.05, 3.63) is 17.6 Å². The number of aromatic nitrogens is 2. The van der Waals surface area contributed by atoms with E-state index in [0.717, 1.165) is 62.3 Å². The summed E-state index contributed by atoms with van der Waals surface area (Å²) in [6.45, 7) is 6.16. The molecular formula is C20H33N5O. The van der Waals surface area contributed by atoms with Crippen LogP contribution < -0.4 is 10.6 Å². The Morgan fingerprint density at radius 1 is 1.12 bits per heavy atom. The minimum Gasteiger partial charge on any atom is -0.377 e. The summed E-state index contributed by atoms with van der Waals surface area (Å²) in [6, 6.07) is 2.53. The Morgan fingerprint density at radius 3 is 2.50 bits per heavy atom. The van der Waals surface area contributed by atoms with Crippen LogP contribution >= 0.6 is 0 Å². The maximum atomic E-state index is 5.98. The van der Waals surface area contributed by atoms with Crippen molar-refractivity contribution in [1.29, 1.82) is 0 Å². The van der Waals surface area contributed by atoms with Crippen molar-refractivity contribution >= 4 is 5.82 Å². The molecule has 6 nitrogen and oxygen atoms in total. The van der Waals surface area contributed by atoms with Gasteiger partial charge >= 0.3 is 0 Å². The van der Waals surface area contributed by atoms with Crippen LogP contribution in [0, 0.1) is 5.92 Å². The zero-order chi connectivity index (χ0) is 17.9. The lowest BCUT2D eigenvalue weighted by molar-refractivity contribution is 0.177. The Bertz CT molecular complexity index is 590. The van der Waals surface area contributed by atoms with Crippen molar-refractivity contribution in [3.63, 3.8) is 0 Å². The van der Waals surface area contributed by atoms with Crippen LogP contribution in [0.2, 0.25) is 0 Å². The van der Waals surface area contributed by atoms with E-state index >= 15 is 0 Å². The molecule has 2 aliphatic carbocycles. The fraction of sp³-hybridized carbons (Fsp3) is 0.800. The van der Waals surface area contributed by atoms with Gasteiger partial charge in [0.15, 0.2) is 5.82 Å². The van der Waals surface area contributed by atoms with Gasteiger partial charge in [0, 0.05) is 63.6 Å². The van der Waals surface area contributed by atoms with Crippen LogP contribution in [0.5, 0.6) is 0 Å². The number of nitrogens with two attached hydrogens (primary N) is 1. The minimum absolute atomic E-state index is 0.337. The SMILES string of the molecule is COCc1nc(C2CC(N)C2)cc(N2CCN(CC3CCCC3)CC2)n1. The highest BCUT2D eigenvalue weighted by Crippen LogP contribution is 2.36. The standard InChI is InChI=1S/C20H33N5O/c1-26-14-19-22-18(16-10-17(21)11-16)12-20(23-19)25-8-6-24(7-9-25)13-15-4-2-3-5-15/h12,15-17H,2-11,13-14,21H2,1H3. The highest BCUT2D eigenvalue weighted by molar-refractivity contribution is 5.42. The molecule has 0 bridgehead atoms. The lowest BCUT2D eigenvalue weighted by atomic mass is 9.78. The molecule has 0 unspecified atom stereocenters.